The lowest BCUT2D eigenvalue weighted by molar-refractivity contribution is -0.612. The first-order valence-corrected chi connectivity index (χ1v) is 17.9. The van der Waals surface area contributed by atoms with Crippen LogP contribution in [0.3, 0.4) is 0 Å². The van der Waals surface area contributed by atoms with E-state index in [0.717, 1.165) is 69.4 Å². The zero-order valence-corrected chi connectivity index (χ0v) is 31.7. The van der Waals surface area contributed by atoms with Crippen LogP contribution >= 0.6 is 27.5 Å². The number of imidazole rings is 1. The molecule has 2 aliphatic heterocycles. The summed E-state index contributed by atoms with van der Waals surface area (Å²) in [5, 5.41) is 16.7. The number of carbonyl (C=O) groups is 1. The molecule has 2 saturated heterocycles. The number of likely N-dealkylation sites (tertiary alicyclic amines) is 2. The van der Waals surface area contributed by atoms with Gasteiger partial charge >= 0.3 is 5.69 Å². The smallest absolute Gasteiger partial charge is 0.332 e. The highest BCUT2D eigenvalue weighted by Gasteiger charge is 2.40. The summed E-state index contributed by atoms with van der Waals surface area (Å²) in [7, 11) is 2.93. The summed E-state index contributed by atoms with van der Waals surface area (Å²) >= 11 is 9.12. The van der Waals surface area contributed by atoms with Gasteiger partial charge in [0.2, 0.25) is 11.0 Å². The van der Waals surface area contributed by atoms with Gasteiger partial charge in [-0.15, -0.1) is 0 Å². The molecule has 4 aromatic rings. The predicted molar refractivity (Wildman–Crippen MR) is 197 cm³/mol. The third-order valence-corrected chi connectivity index (χ3v) is 10.7. The Bertz CT molecular complexity index is 2010. The Hall–Kier alpha value is -4.01. The number of oxime groups is 1. The summed E-state index contributed by atoms with van der Waals surface area (Å²) in [6.45, 7) is 11.9. The molecule has 15 heteroatoms. The van der Waals surface area contributed by atoms with Crippen LogP contribution in [0.2, 0.25) is 5.28 Å². The molecule has 13 nitrogen and oxygen atoms in total. The Morgan fingerprint density at radius 2 is 1.74 bits per heavy atom. The van der Waals surface area contributed by atoms with Gasteiger partial charge in [0.1, 0.15) is 12.2 Å². The lowest BCUT2D eigenvalue weighted by Gasteiger charge is -2.49. The van der Waals surface area contributed by atoms with Gasteiger partial charge in [-0.1, -0.05) is 33.2 Å². The van der Waals surface area contributed by atoms with E-state index in [9.17, 15) is 19.6 Å². The molecule has 1 N–H and O–H groups in total. The van der Waals surface area contributed by atoms with E-state index >= 15 is 0 Å². The van der Waals surface area contributed by atoms with E-state index in [4.69, 9.17) is 16.4 Å². The van der Waals surface area contributed by atoms with Crippen LogP contribution in [0, 0.1) is 25.0 Å². The number of aromatic amines is 1. The second-order valence-corrected chi connectivity index (χ2v) is 14.4. The number of piperidine rings is 2. The van der Waals surface area contributed by atoms with Crippen molar-refractivity contribution in [1.82, 2.24) is 28.9 Å². The maximum atomic E-state index is 13.3. The van der Waals surface area contributed by atoms with Crippen LogP contribution in [-0.2, 0) is 18.9 Å². The van der Waals surface area contributed by atoms with Gasteiger partial charge in [-0.2, -0.15) is 9.71 Å². The molecule has 0 atom stereocenters. The molecule has 5 heterocycles. The van der Waals surface area contributed by atoms with E-state index in [0.29, 0.717) is 36.9 Å². The molecule has 0 radical (unpaired) electrons. The Labute approximate surface area is 304 Å². The lowest BCUT2D eigenvalue weighted by atomic mass is 9.82. The van der Waals surface area contributed by atoms with Gasteiger partial charge < -0.3 is 19.9 Å². The summed E-state index contributed by atoms with van der Waals surface area (Å²) in [5.41, 5.74) is 3.76. The van der Waals surface area contributed by atoms with Crippen molar-refractivity contribution in [2.24, 2.45) is 25.2 Å². The molecular formula is C35H44BrClN8O5. The van der Waals surface area contributed by atoms with Gasteiger partial charge in [-0.3, -0.25) is 23.6 Å². The van der Waals surface area contributed by atoms with Crippen molar-refractivity contribution >= 4 is 50.3 Å². The van der Waals surface area contributed by atoms with E-state index in [1.807, 2.05) is 18.7 Å². The molecule has 2 aliphatic rings. The first-order valence-electron chi connectivity index (χ1n) is 16.8. The number of rotatable bonds is 6. The first-order chi connectivity index (χ1) is 23.7. The van der Waals surface area contributed by atoms with Gasteiger partial charge in [-0.25, -0.2) is 4.79 Å². The van der Waals surface area contributed by atoms with Crippen LogP contribution in [0.4, 0.5) is 0 Å². The quantitative estimate of drug-likeness (QED) is 0.100. The van der Waals surface area contributed by atoms with Crippen molar-refractivity contribution in [3.63, 3.8) is 0 Å². The highest BCUT2D eigenvalue weighted by molar-refractivity contribution is 9.10. The molecule has 0 unspecified atom stereocenters. The molecular weight excluding hydrogens is 728 g/mol. The van der Waals surface area contributed by atoms with Crippen LogP contribution in [0.5, 0.6) is 0 Å². The molecule has 6 rings (SSSR count). The average Bonchev–Trinajstić information content (AvgIpc) is 3.51. The Morgan fingerprint density at radius 3 is 2.36 bits per heavy atom. The zero-order chi connectivity index (χ0) is 36.3. The lowest BCUT2D eigenvalue weighted by Crippen LogP contribution is -2.57. The largest absolute Gasteiger partial charge is 0.618 e. The highest BCUT2D eigenvalue weighted by Crippen LogP contribution is 2.34. The number of fused-ring (bicyclic) bond motifs is 1. The number of amides is 1. The fraction of sp³-hybridized carbons (Fsp3) is 0.486. The number of benzene rings is 1. The predicted octanol–water partition coefficient (Wildman–Crippen LogP) is 4.46. The van der Waals surface area contributed by atoms with Crippen LogP contribution in [0.1, 0.15) is 66.7 Å². The fourth-order valence-corrected chi connectivity index (χ4v) is 7.31. The first kappa shape index (κ1) is 37.3. The second-order valence-electron chi connectivity index (χ2n) is 13.2. The van der Waals surface area contributed by atoms with E-state index in [1.165, 1.54) is 24.9 Å². The Kier molecular flexibility index (Phi) is 11.5. The molecule has 0 aliphatic carbocycles. The molecule has 0 spiro atoms. The minimum atomic E-state index is -0.428. The minimum Gasteiger partial charge on any atom is -0.618 e. The number of hydrogen-bond donors (Lipinski definition) is 1. The van der Waals surface area contributed by atoms with Crippen molar-refractivity contribution < 1.29 is 14.4 Å². The summed E-state index contributed by atoms with van der Waals surface area (Å²) in [4.78, 5) is 52.7. The van der Waals surface area contributed by atoms with E-state index in [2.05, 4.69) is 67.1 Å². The van der Waals surface area contributed by atoms with Crippen LogP contribution in [0.15, 0.2) is 55.7 Å². The van der Waals surface area contributed by atoms with Crippen molar-refractivity contribution in [3.05, 3.63) is 94.7 Å². The average molecular weight is 772 g/mol. The van der Waals surface area contributed by atoms with Crippen molar-refractivity contribution in [3.8, 4) is 0 Å². The minimum absolute atomic E-state index is 0.0257. The van der Waals surface area contributed by atoms with Gasteiger partial charge in [0.05, 0.1) is 5.71 Å². The van der Waals surface area contributed by atoms with E-state index in [1.54, 1.807) is 13.0 Å². The Morgan fingerprint density at radius 1 is 1.10 bits per heavy atom. The maximum Gasteiger partial charge on any atom is 0.332 e. The van der Waals surface area contributed by atoms with Gasteiger partial charge in [0.25, 0.3) is 11.5 Å². The SMILES string of the molecule is CCO/N=C(/c1ccc(Br)cc1)C1CCN(C2(C)CCN(C(=O)c3c(C)cc[n+]([O-])c3C)CC2)CC1.Cn1c(=O)c2[nH]c(Cl)nc2n(C)c1=O. The zero-order valence-electron chi connectivity index (χ0n) is 29.3. The highest BCUT2D eigenvalue weighted by atomic mass is 79.9. The molecule has 2 fully saturated rings. The van der Waals surface area contributed by atoms with Crippen molar-refractivity contribution in [2.75, 3.05) is 32.8 Å². The molecule has 268 valence electrons. The normalized spacial score (nSPS) is 17.0. The summed E-state index contributed by atoms with van der Waals surface area (Å²) < 4.78 is 4.10. The van der Waals surface area contributed by atoms with Crippen molar-refractivity contribution in [1.29, 1.82) is 0 Å². The third-order valence-electron chi connectivity index (χ3n) is 10.0. The number of nitrogens with one attached hydrogen (secondary N) is 1. The number of aromatic nitrogens is 5. The number of nitrogens with zero attached hydrogens (tertiary/aromatic N) is 7. The Balaban J connectivity index is 0.000000288. The van der Waals surface area contributed by atoms with Crippen LogP contribution in [-0.4, -0.2) is 78.8 Å². The van der Waals surface area contributed by atoms with E-state index < -0.39 is 11.2 Å². The molecule has 1 amide bonds. The third kappa shape index (κ3) is 7.66. The number of halogens is 2. The van der Waals surface area contributed by atoms with Crippen molar-refractivity contribution in [2.45, 2.75) is 58.9 Å². The maximum absolute atomic E-state index is 13.3. The summed E-state index contributed by atoms with van der Waals surface area (Å²) in [6, 6.07) is 10.0. The number of pyridine rings is 1. The van der Waals surface area contributed by atoms with Gasteiger partial charge in [-0.05, 0) is 94.4 Å². The van der Waals surface area contributed by atoms with Gasteiger partial charge in [0, 0.05) is 56.1 Å². The number of carbonyl (C=O) groups excluding carboxylic acids is 1. The molecule has 1 aromatic carbocycles. The summed E-state index contributed by atoms with van der Waals surface area (Å²) in [6.07, 6.45) is 5.40. The fourth-order valence-electron chi connectivity index (χ4n) is 6.87. The molecule has 50 heavy (non-hydrogen) atoms. The number of hydrogen-bond acceptors (Lipinski definition) is 8. The summed E-state index contributed by atoms with van der Waals surface area (Å²) in [5.74, 6) is 0.337. The van der Waals surface area contributed by atoms with E-state index in [-0.39, 0.29) is 27.9 Å². The molecule has 3 aromatic heterocycles. The standard InChI is InChI=1S/C28H37BrN4O3.C7H7ClN4O2/c1-5-36-30-26(22-6-8-24(29)9-7-22)23-11-15-32(16-12-23)28(4)13-18-31(19-14-28)27(34)25-20(2)10-17-33(35)21(25)3;1-11-4-3(9-6(8)10-4)5(13)12(2)7(11)14/h6-10,17,23H,5,11-16,18-19H2,1-4H3;1-2H3,(H,9,10)/b30-26-;. The number of aryl methyl sites for hydroxylation is 2. The monoisotopic (exact) mass is 770 g/mol. The molecule has 0 saturated carbocycles. The number of H-pyrrole nitrogens is 1. The second kappa shape index (κ2) is 15.5. The molecule has 0 bridgehead atoms. The van der Waals surface area contributed by atoms with Gasteiger partial charge in [0.15, 0.2) is 17.4 Å². The topological polar surface area (TPSA) is 145 Å². The van der Waals surface area contributed by atoms with Crippen LogP contribution in [0.25, 0.3) is 11.2 Å². The van der Waals surface area contributed by atoms with Crippen LogP contribution < -0.4 is 16.0 Å².